The first-order valence-electron chi connectivity index (χ1n) is 7.89. The number of hydrogen-bond donors (Lipinski definition) is 2. The van der Waals surface area contributed by atoms with Crippen molar-refractivity contribution in [3.63, 3.8) is 0 Å². The van der Waals surface area contributed by atoms with E-state index >= 15 is 0 Å². The summed E-state index contributed by atoms with van der Waals surface area (Å²) in [5, 5.41) is 11.8. The number of phenolic OH excluding ortho intramolecular Hbond substituents is 1. The Hall–Kier alpha value is -2.68. The number of hydrogen-bond acceptors (Lipinski definition) is 4. The van der Waals surface area contributed by atoms with E-state index < -0.39 is 17.8 Å². The van der Waals surface area contributed by atoms with Gasteiger partial charge in [-0.1, -0.05) is 25.1 Å². The average Bonchev–Trinajstić information content (AvgIpc) is 2.62. The largest absolute Gasteiger partial charge is 0.507 e. The van der Waals surface area contributed by atoms with Crippen LogP contribution in [0.5, 0.6) is 5.75 Å². The third-order valence-electron chi connectivity index (χ3n) is 3.99. The van der Waals surface area contributed by atoms with E-state index in [2.05, 4.69) is 5.32 Å². The number of anilines is 1. The maximum atomic E-state index is 12.8. The number of halogens is 1. The maximum Gasteiger partial charge on any atom is 0.335 e. The molecule has 7 heteroatoms. The van der Waals surface area contributed by atoms with Crippen LogP contribution in [0.15, 0.2) is 48.0 Å². The van der Waals surface area contributed by atoms with Crippen LogP contribution in [0.2, 0.25) is 0 Å². The van der Waals surface area contributed by atoms with Crippen LogP contribution in [-0.4, -0.2) is 23.0 Å². The summed E-state index contributed by atoms with van der Waals surface area (Å²) in [6.07, 6.45) is 2.24. The Morgan fingerprint density at radius 2 is 1.81 bits per heavy atom. The molecule has 0 unspecified atom stereocenters. The van der Waals surface area contributed by atoms with Crippen molar-refractivity contribution >= 4 is 52.2 Å². The molecule has 2 aromatic rings. The van der Waals surface area contributed by atoms with Crippen LogP contribution in [0.3, 0.4) is 0 Å². The number of carbonyl (C=O) groups is 3. The highest BCUT2D eigenvalue weighted by atomic mass is 127. The van der Waals surface area contributed by atoms with Crippen LogP contribution < -0.4 is 10.2 Å². The molecule has 132 valence electrons. The Morgan fingerprint density at radius 3 is 2.42 bits per heavy atom. The minimum Gasteiger partial charge on any atom is -0.507 e. The molecule has 2 N–H and O–H groups in total. The molecule has 0 aliphatic carbocycles. The zero-order valence-corrected chi connectivity index (χ0v) is 16.0. The number of benzene rings is 2. The molecule has 0 bridgehead atoms. The van der Waals surface area contributed by atoms with Crippen molar-refractivity contribution in [2.45, 2.75) is 13.3 Å². The van der Waals surface area contributed by atoms with E-state index in [1.807, 2.05) is 41.6 Å². The molecule has 0 saturated carbocycles. The van der Waals surface area contributed by atoms with Crippen molar-refractivity contribution in [2.75, 3.05) is 4.90 Å². The number of urea groups is 1. The van der Waals surface area contributed by atoms with Crippen LogP contribution in [0.1, 0.15) is 18.1 Å². The molecule has 26 heavy (non-hydrogen) atoms. The third kappa shape index (κ3) is 3.48. The van der Waals surface area contributed by atoms with Gasteiger partial charge in [0.25, 0.3) is 11.8 Å². The van der Waals surface area contributed by atoms with Gasteiger partial charge in [0.15, 0.2) is 0 Å². The van der Waals surface area contributed by atoms with Gasteiger partial charge in [0, 0.05) is 0 Å². The van der Waals surface area contributed by atoms with Crippen LogP contribution in [-0.2, 0) is 16.0 Å². The van der Waals surface area contributed by atoms with Crippen LogP contribution in [0.25, 0.3) is 6.08 Å². The number of aryl methyl sites for hydroxylation is 1. The maximum absolute atomic E-state index is 12.8. The molecule has 0 spiro atoms. The molecule has 1 aliphatic rings. The van der Waals surface area contributed by atoms with Gasteiger partial charge in [-0.15, -0.1) is 0 Å². The lowest BCUT2D eigenvalue weighted by Gasteiger charge is -2.26. The number of carbonyl (C=O) groups excluding carboxylic acids is 3. The van der Waals surface area contributed by atoms with E-state index in [4.69, 9.17) is 0 Å². The zero-order chi connectivity index (χ0) is 18.8. The lowest BCUT2D eigenvalue weighted by atomic mass is 10.1. The Bertz CT molecular complexity index is 935. The molecular weight excluding hydrogens is 447 g/mol. The molecule has 4 amide bonds. The highest BCUT2D eigenvalue weighted by Gasteiger charge is 2.36. The summed E-state index contributed by atoms with van der Waals surface area (Å²) in [5.41, 5.74) is 1.89. The molecule has 2 aromatic carbocycles. The lowest BCUT2D eigenvalue weighted by Crippen LogP contribution is -2.54. The quantitative estimate of drug-likeness (QED) is 0.417. The summed E-state index contributed by atoms with van der Waals surface area (Å²) in [7, 11) is 0. The van der Waals surface area contributed by atoms with Crippen molar-refractivity contribution in [2.24, 2.45) is 0 Å². The number of phenols is 1. The highest BCUT2D eigenvalue weighted by Crippen LogP contribution is 2.25. The van der Waals surface area contributed by atoms with E-state index in [9.17, 15) is 19.5 Å². The summed E-state index contributed by atoms with van der Waals surface area (Å²) in [4.78, 5) is 38.1. The molecule has 1 aliphatic heterocycles. The number of aromatic hydroxyl groups is 1. The van der Waals surface area contributed by atoms with Crippen LogP contribution in [0, 0.1) is 3.57 Å². The zero-order valence-electron chi connectivity index (χ0n) is 13.8. The van der Waals surface area contributed by atoms with Gasteiger partial charge in [-0.05, 0) is 70.5 Å². The lowest BCUT2D eigenvalue weighted by molar-refractivity contribution is -0.122. The number of barbiturate groups is 1. The molecule has 0 radical (unpaired) electrons. The standard InChI is InChI=1S/C19H15IN2O4/c1-2-11-3-6-13(7-4-11)22-18(25)14(17(24)21-19(22)26)9-12-5-8-16(23)15(20)10-12/h3-10,23H,2H2,1H3,(H,21,24,26)/b14-9+. The monoisotopic (exact) mass is 462 g/mol. The van der Waals surface area contributed by atoms with Gasteiger partial charge >= 0.3 is 6.03 Å². The molecule has 0 atom stereocenters. The van der Waals surface area contributed by atoms with Gasteiger partial charge in [0.1, 0.15) is 11.3 Å². The number of rotatable bonds is 3. The number of amides is 4. The minimum atomic E-state index is -0.776. The fraction of sp³-hybridized carbons (Fsp3) is 0.105. The second-order valence-corrected chi connectivity index (χ2v) is 6.85. The molecule has 6 nitrogen and oxygen atoms in total. The Balaban J connectivity index is 1.99. The van der Waals surface area contributed by atoms with E-state index in [1.165, 1.54) is 12.1 Å². The van der Waals surface area contributed by atoms with Crippen molar-refractivity contribution < 1.29 is 19.5 Å². The molecular formula is C19H15IN2O4. The number of imide groups is 2. The molecule has 1 heterocycles. The number of nitrogens with zero attached hydrogens (tertiary/aromatic N) is 1. The summed E-state index contributed by atoms with van der Waals surface area (Å²) in [6, 6.07) is 10.9. The summed E-state index contributed by atoms with van der Waals surface area (Å²) in [6.45, 7) is 2.01. The van der Waals surface area contributed by atoms with E-state index in [1.54, 1.807) is 24.3 Å². The smallest absolute Gasteiger partial charge is 0.335 e. The first-order chi connectivity index (χ1) is 12.4. The van der Waals surface area contributed by atoms with Crippen molar-refractivity contribution in [1.29, 1.82) is 0 Å². The van der Waals surface area contributed by atoms with Gasteiger partial charge in [-0.3, -0.25) is 14.9 Å². The normalized spacial score (nSPS) is 16.2. The summed E-state index contributed by atoms with van der Waals surface area (Å²) >= 11 is 1.95. The Morgan fingerprint density at radius 1 is 1.12 bits per heavy atom. The topological polar surface area (TPSA) is 86.7 Å². The van der Waals surface area contributed by atoms with Crippen molar-refractivity contribution in [3.05, 3.63) is 62.7 Å². The van der Waals surface area contributed by atoms with Crippen LogP contribution in [0.4, 0.5) is 10.5 Å². The van der Waals surface area contributed by atoms with Crippen molar-refractivity contribution in [3.8, 4) is 5.75 Å². The first kappa shape index (κ1) is 18.1. The van der Waals surface area contributed by atoms with E-state index in [-0.39, 0.29) is 11.3 Å². The number of nitrogens with one attached hydrogen (secondary N) is 1. The van der Waals surface area contributed by atoms with Gasteiger partial charge in [-0.2, -0.15) is 0 Å². The molecule has 1 saturated heterocycles. The second kappa shape index (κ2) is 7.28. The SMILES string of the molecule is CCc1ccc(N2C(=O)NC(=O)/C(=C\c3ccc(O)c(I)c3)C2=O)cc1. The Labute approximate surface area is 163 Å². The molecule has 1 fully saturated rings. The minimum absolute atomic E-state index is 0.111. The third-order valence-corrected chi connectivity index (χ3v) is 4.85. The van der Waals surface area contributed by atoms with E-state index in [0.29, 0.717) is 14.8 Å². The van der Waals surface area contributed by atoms with E-state index in [0.717, 1.165) is 16.9 Å². The fourth-order valence-electron chi connectivity index (χ4n) is 2.55. The molecule has 3 rings (SSSR count). The fourth-order valence-corrected chi connectivity index (χ4v) is 3.09. The van der Waals surface area contributed by atoms with Gasteiger partial charge in [0.2, 0.25) is 0 Å². The van der Waals surface area contributed by atoms with Gasteiger partial charge < -0.3 is 5.11 Å². The van der Waals surface area contributed by atoms with Gasteiger partial charge in [-0.25, -0.2) is 9.69 Å². The predicted octanol–water partition coefficient (Wildman–Crippen LogP) is 3.23. The predicted molar refractivity (Wildman–Crippen MR) is 106 cm³/mol. The first-order valence-corrected chi connectivity index (χ1v) is 8.97. The second-order valence-electron chi connectivity index (χ2n) is 5.69. The summed E-state index contributed by atoms with van der Waals surface area (Å²) < 4.78 is 0.587. The average molecular weight is 462 g/mol. The van der Waals surface area contributed by atoms with Crippen molar-refractivity contribution in [1.82, 2.24) is 5.32 Å². The summed E-state index contributed by atoms with van der Waals surface area (Å²) in [5.74, 6) is -1.32. The highest BCUT2D eigenvalue weighted by molar-refractivity contribution is 14.1. The molecule has 0 aromatic heterocycles. The van der Waals surface area contributed by atoms with Crippen LogP contribution >= 0.6 is 22.6 Å². The van der Waals surface area contributed by atoms with Gasteiger partial charge in [0.05, 0.1) is 9.26 Å². The Kier molecular flexibility index (Phi) is 5.08.